The molecule has 1 aromatic carbocycles. The van der Waals surface area contributed by atoms with Crippen LogP contribution in [0.5, 0.6) is 0 Å². The lowest BCUT2D eigenvalue weighted by molar-refractivity contribution is 0.296. The number of nitrogens with zero attached hydrogens (tertiary/aromatic N) is 3. The van der Waals surface area contributed by atoms with Gasteiger partial charge in [-0.25, -0.2) is 4.39 Å². The van der Waals surface area contributed by atoms with Crippen molar-refractivity contribution in [1.82, 2.24) is 18.8 Å². The van der Waals surface area contributed by atoms with Gasteiger partial charge in [-0.05, 0) is 43.2 Å². The van der Waals surface area contributed by atoms with E-state index in [0.29, 0.717) is 13.1 Å². The molecule has 1 unspecified atom stereocenters. The SMILES string of the molecule is CN(C)S(=O)(=O)N1CCCC(c2cc(-c3ccc(F)cc3)n[nH]2)C1. The zero-order valence-electron chi connectivity index (χ0n) is 13.7. The summed E-state index contributed by atoms with van der Waals surface area (Å²) in [5.74, 6) is -0.207. The fourth-order valence-corrected chi connectivity index (χ4v) is 4.14. The molecule has 0 spiro atoms. The fourth-order valence-electron chi connectivity index (χ4n) is 2.95. The summed E-state index contributed by atoms with van der Waals surface area (Å²) in [6.45, 7) is 0.974. The van der Waals surface area contributed by atoms with E-state index in [4.69, 9.17) is 0 Å². The van der Waals surface area contributed by atoms with Gasteiger partial charge in [0.25, 0.3) is 10.2 Å². The Morgan fingerprint density at radius 2 is 2.00 bits per heavy atom. The molecule has 130 valence electrons. The molecule has 0 bridgehead atoms. The third-order valence-electron chi connectivity index (χ3n) is 4.35. The van der Waals surface area contributed by atoms with Crippen LogP contribution in [0.15, 0.2) is 30.3 Å². The minimum atomic E-state index is -3.40. The van der Waals surface area contributed by atoms with E-state index >= 15 is 0 Å². The van der Waals surface area contributed by atoms with E-state index in [1.165, 1.54) is 20.7 Å². The summed E-state index contributed by atoms with van der Waals surface area (Å²) < 4.78 is 40.4. The van der Waals surface area contributed by atoms with Crippen molar-refractivity contribution in [2.45, 2.75) is 18.8 Å². The van der Waals surface area contributed by atoms with E-state index in [-0.39, 0.29) is 11.7 Å². The maximum absolute atomic E-state index is 13.0. The van der Waals surface area contributed by atoms with Gasteiger partial charge >= 0.3 is 0 Å². The lowest BCUT2D eigenvalue weighted by Gasteiger charge is -2.32. The summed E-state index contributed by atoms with van der Waals surface area (Å²) in [5, 5.41) is 7.30. The Hall–Kier alpha value is -1.77. The second-order valence-electron chi connectivity index (χ2n) is 6.20. The molecule has 0 amide bonds. The monoisotopic (exact) mass is 352 g/mol. The zero-order valence-corrected chi connectivity index (χ0v) is 14.6. The van der Waals surface area contributed by atoms with Crippen LogP contribution in [0.1, 0.15) is 24.5 Å². The summed E-state index contributed by atoms with van der Waals surface area (Å²) >= 11 is 0. The van der Waals surface area contributed by atoms with Gasteiger partial charge in [-0.2, -0.15) is 22.1 Å². The molecule has 8 heteroatoms. The third kappa shape index (κ3) is 3.35. The molecule has 2 heterocycles. The first-order valence-electron chi connectivity index (χ1n) is 7.87. The predicted octanol–water partition coefficient (Wildman–Crippen LogP) is 2.20. The van der Waals surface area contributed by atoms with Gasteiger partial charge in [0.05, 0.1) is 5.69 Å². The number of hydrogen-bond donors (Lipinski definition) is 1. The molecular formula is C16H21FN4O2S. The molecule has 1 atom stereocenters. The molecule has 1 saturated heterocycles. The average Bonchev–Trinajstić information content (AvgIpc) is 3.05. The maximum Gasteiger partial charge on any atom is 0.281 e. The second kappa shape index (κ2) is 6.62. The van der Waals surface area contributed by atoms with Gasteiger partial charge in [0.2, 0.25) is 0 Å². The highest BCUT2D eigenvalue weighted by Crippen LogP contribution is 2.29. The Bertz CT molecular complexity index is 802. The Labute approximate surface area is 141 Å². The standard InChI is InChI=1S/C16H21FN4O2S/c1-20(2)24(22,23)21-9-3-4-13(11-21)16-10-15(18-19-16)12-5-7-14(17)8-6-12/h5-8,10,13H,3-4,9,11H2,1-2H3,(H,18,19). The zero-order chi connectivity index (χ0) is 17.3. The summed E-state index contributed by atoms with van der Waals surface area (Å²) in [7, 11) is -0.313. The molecule has 2 aromatic rings. The minimum Gasteiger partial charge on any atom is -0.282 e. The van der Waals surface area contributed by atoms with Crippen LogP contribution >= 0.6 is 0 Å². The quantitative estimate of drug-likeness (QED) is 0.917. The maximum atomic E-state index is 13.0. The van der Waals surface area contributed by atoms with Crippen LogP contribution in [-0.2, 0) is 10.2 Å². The van der Waals surface area contributed by atoms with Gasteiger partial charge < -0.3 is 0 Å². The van der Waals surface area contributed by atoms with Crippen molar-refractivity contribution >= 4 is 10.2 Å². The van der Waals surface area contributed by atoms with E-state index in [9.17, 15) is 12.8 Å². The number of piperidine rings is 1. The summed E-state index contributed by atoms with van der Waals surface area (Å²) in [6, 6.07) is 8.08. The Morgan fingerprint density at radius 1 is 1.29 bits per heavy atom. The molecule has 1 fully saturated rings. The summed E-state index contributed by atoms with van der Waals surface area (Å²) in [4.78, 5) is 0. The van der Waals surface area contributed by atoms with E-state index in [0.717, 1.165) is 29.8 Å². The van der Waals surface area contributed by atoms with Crippen LogP contribution in [-0.4, -0.2) is 54.4 Å². The molecule has 24 heavy (non-hydrogen) atoms. The highest BCUT2D eigenvalue weighted by Gasteiger charge is 2.31. The van der Waals surface area contributed by atoms with Crippen LogP contribution in [0.3, 0.4) is 0 Å². The van der Waals surface area contributed by atoms with Crippen molar-refractivity contribution in [3.63, 3.8) is 0 Å². The number of aromatic nitrogens is 2. The van der Waals surface area contributed by atoms with Gasteiger partial charge in [0.15, 0.2) is 0 Å². The average molecular weight is 352 g/mol. The number of hydrogen-bond acceptors (Lipinski definition) is 3. The predicted molar refractivity (Wildman–Crippen MR) is 90.1 cm³/mol. The lowest BCUT2D eigenvalue weighted by Crippen LogP contribution is -2.44. The molecule has 0 saturated carbocycles. The number of H-pyrrole nitrogens is 1. The van der Waals surface area contributed by atoms with Gasteiger partial charge in [0, 0.05) is 44.4 Å². The Balaban J connectivity index is 1.79. The van der Waals surface area contributed by atoms with E-state index < -0.39 is 10.2 Å². The first-order chi connectivity index (χ1) is 11.4. The topological polar surface area (TPSA) is 69.3 Å². The molecule has 0 radical (unpaired) electrons. The van der Waals surface area contributed by atoms with Crippen LogP contribution in [0.2, 0.25) is 0 Å². The van der Waals surface area contributed by atoms with Crippen molar-refractivity contribution in [3.8, 4) is 11.3 Å². The van der Waals surface area contributed by atoms with Gasteiger partial charge in [0.1, 0.15) is 5.82 Å². The number of rotatable bonds is 4. The Kier molecular flexibility index (Phi) is 4.71. The van der Waals surface area contributed by atoms with Crippen molar-refractivity contribution in [3.05, 3.63) is 41.8 Å². The summed E-state index contributed by atoms with van der Waals surface area (Å²) in [6.07, 6.45) is 1.72. The number of benzene rings is 1. The largest absolute Gasteiger partial charge is 0.282 e. The number of aromatic amines is 1. The van der Waals surface area contributed by atoms with Crippen LogP contribution in [0.25, 0.3) is 11.3 Å². The van der Waals surface area contributed by atoms with Gasteiger partial charge in [-0.1, -0.05) is 0 Å². The number of halogens is 1. The van der Waals surface area contributed by atoms with E-state index in [1.54, 1.807) is 26.2 Å². The minimum absolute atomic E-state index is 0.0789. The Morgan fingerprint density at radius 3 is 2.67 bits per heavy atom. The second-order valence-corrected chi connectivity index (χ2v) is 8.35. The smallest absolute Gasteiger partial charge is 0.281 e. The van der Waals surface area contributed by atoms with Gasteiger partial charge in [-0.15, -0.1) is 0 Å². The van der Waals surface area contributed by atoms with Crippen LogP contribution in [0, 0.1) is 5.82 Å². The fraction of sp³-hybridized carbons (Fsp3) is 0.438. The lowest BCUT2D eigenvalue weighted by atomic mass is 9.96. The van der Waals surface area contributed by atoms with Crippen molar-refractivity contribution in [2.24, 2.45) is 0 Å². The highest BCUT2D eigenvalue weighted by molar-refractivity contribution is 7.86. The summed E-state index contributed by atoms with van der Waals surface area (Å²) in [5.41, 5.74) is 2.47. The van der Waals surface area contributed by atoms with Crippen LogP contribution < -0.4 is 0 Å². The van der Waals surface area contributed by atoms with Crippen molar-refractivity contribution in [2.75, 3.05) is 27.2 Å². The first-order valence-corrected chi connectivity index (χ1v) is 9.26. The van der Waals surface area contributed by atoms with Crippen LogP contribution in [0.4, 0.5) is 4.39 Å². The van der Waals surface area contributed by atoms with Gasteiger partial charge in [-0.3, -0.25) is 5.10 Å². The van der Waals surface area contributed by atoms with E-state index in [1.807, 2.05) is 6.07 Å². The van der Waals surface area contributed by atoms with Crippen molar-refractivity contribution < 1.29 is 12.8 Å². The molecule has 0 aliphatic carbocycles. The molecule has 1 aromatic heterocycles. The molecule has 1 aliphatic rings. The molecule has 6 nitrogen and oxygen atoms in total. The van der Waals surface area contributed by atoms with Crippen molar-refractivity contribution in [1.29, 1.82) is 0 Å². The normalized spacial score (nSPS) is 19.8. The van der Waals surface area contributed by atoms with E-state index in [2.05, 4.69) is 10.2 Å². The molecule has 3 rings (SSSR count). The molecular weight excluding hydrogens is 331 g/mol. The highest BCUT2D eigenvalue weighted by atomic mass is 32.2. The molecule has 1 aliphatic heterocycles. The third-order valence-corrected chi connectivity index (χ3v) is 6.26. The molecule has 1 N–H and O–H groups in total. The first kappa shape index (κ1) is 17.1. The number of nitrogens with one attached hydrogen (secondary N) is 1.